The van der Waals surface area contributed by atoms with Crippen LogP contribution in [0.25, 0.3) is 0 Å². The molecule has 1 fully saturated rings. The summed E-state index contributed by atoms with van der Waals surface area (Å²) in [4.78, 5) is 12.1. The molecule has 0 atom stereocenters. The Morgan fingerprint density at radius 1 is 1.30 bits per heavy atom. The maximum Gasteiger partial charge on any atom is 0.137 e. The molecule has 1 aromatic rings. The third kappa shape index (κ3) is 4.52. The standard InChI is InChI=1S/C17H23ClO2/c1-20-17-10-8-15(18)11-14(17)12-16(19)9-7-13-5-3-2-4-6-13/h8,10-11,13H,2-7,9,12H2,1H3. The van der Waals surface area contributed by atoms with Crippen LogP contribution in [0.15, 0.2) is 18.2 Å². The summed E-state index contributed by atoms with van der Waals surface area (Å²) in [5.74, 6) is 1.80. The fourth-order valence-electron chi connectivity index (χ4n) is 3.03. The van der Waals surface area contributed by atoms with Gasteiger partial charge in [-0.3, -0.25) is 4.79 Å². The maximum absolute atomic E-state index is 12.1. The fourth-order valence-corrected chi connectivity index (χ4v) is 3.22. The van der Waals surface area contributed by atoms with E-state index in [0.29, 0.717) is 17.9 Å². The lowest BCUT2D eigenvalue weighted by Gasteiger charge is -2.21. The molecular formula is C17H23ClO2. The van der Waals surface area contributed by atoms with Gasteiger partial charge in [-0.1, -0.05) is 43.7 Å². The molecule has 0 N–H and O–H groups in total. The second-order valence-electron chi connectivity index (χ2n) is 5.71. The average molecular weight is 295 g/mol. The minimum absolute atomic E-state index is 0.288. The van der Waals surface area contributed by atoms with Crippen molar-refractivity contribution in [3.05, 3.63) is 28.8 Å². The van der Waals surface area contributed by atoms with Crippen molar-refractivity contribution in [1.29, 1.82) is 0 Å². The number of methoxy groups -OCH3 is 1. The lowest BCUT2D eigenvalue weighted by atomic mass is 9.85. The normalized spacial score (nSPS) is 16.1. The van der Waals surface area contributed by atoms with Gasteiger partial charge < -0.3 is 4.74 Å². The third-order valence-corrected chi connectivity index (χ3v) is 4.42. The first kappa shape index (κ1) is 15.4. The van der Waals surface area contributed by atoms with Crippen LogP contribution < -0.4 is 4.74 Å². The van der Waals surface area contributed by atoms with Crippen molar-refractivity contribution in [2.45, 2.75) is 51.4 Å². The van der Waals surface area contributed by atoms with Crippen LogP contribution in [-0.2, 0) is 11.2 Å². The van der Waals surface area contributed by atoms with E-state index in [9.17, 15) is 4.79 Å². The molecule has 0 aliphatic heterocycles. The van der Waals surface area contributed by atoms with Crippen molar-refractivity contribution in [3.63, 3.8) is 0 Å². The predicted molar refractivity (Wildman–Crippen MR) is 82.5 cm³/mol. The zero-order valence-corrected chi connectivity index (χ0v) is 12.9. The molecule has 0 amide bonds. The van der Waals surface area contributed by atoms with E-state index in [4.69, 9.17) is 16.3 Å². The largest absolute Gasteiger partial charge is 0.496 e. The van der Waals surface area contributed by atoms with E-state index in [1.165, 1.54) is 32.1 Å². The van der Waals surface area contributed by atoms with Gasteiger partial charge in [0.2, 0.25) is 0 Å². The van der Waals surface area contributed by atoms with Gasteiger partial charge in [0.25, 0.3) is 0 Å². The minimum Gasteiger partial charge on any atom is -0.496 e. The van der Waals surface area contributed by atoms with E-state index >= 15 is 0 Å². The average Bonchev–Trinajstić information content (AvgIpc) is 2.46. The minimum atomic E-state index is 0.288. The van der Waals surface area contributed by atoms with Gasteiger partial charge in [-0.2, -0.15) is 0 Å². The van der Waals surface area contributed by atoms with Crippen LogP contribution in [-0.4, -0.2) is 12.9 Å². The van der Waals surface area contributed by atoms with E-state index in [2.05, 4.69) is 0 Å². The summed E-state index contributed by atoms with van der Waals surface area (Å²) < 4.78 is 5.28. The highest BCUT2D eigenvalue weighted by molar-refractivity contribution is 6.30. The number of carbonyl (C=O) groups is 1. The Bertz CT molecular complexity index is 450. The highest BCUT2D eigenvalue weighted by Crippen LogP contribution is 2.28. The number of Topliss-reactive ketones (excluding diaryl/α,β-unsaturated/α-hetero) is 1. The molecule has 2 rings (SSSR count). The first-order chi connectivity index (χ1) is 9.69. The number of ether oxygens (including phenoxy) is 1. The molecule has 0 unspecified atom stereocenters. The molecule has 1 aliphatic rings. The first-order valence-corrected chi connectivity index (χ1v) is 7.91. The summed E-state index contributed by atoms with van der Waals surface area (Å²) >= 11 is 5.99. The second kappa shape index (κ2) is 7.68. The molecule has 0 bridgehead atoms. The van der Waals surface area contributed by atoms with Gasteiger partial charge >= 0.3 is 0 Å². The monoisotopic (exact) mass is 294 g/mol. The van der Waals surface area contributed by atoms with Crippen LogP contribution in [0.3, 0.4) is 0 Å². The van der Waals surface area contributed by atoms with Gasteiger partial charge in [0.15, 0.2) is 0 Å². The third-order valence-electron chi connectivity index (χ3n) is 4.19. The van der Waals surface area contributed by atoms with Crippen LogP contribution >= 0.6 is 11.6 Å². The van der Waals surface area contributed by atoms with Crippen LogP contribution in [0.1, 0.15) is 50.5 Å². The topological polar surface area (TPSA) is 26.3 Å². The summed E-state index contributed by atoms with van der Waals surface area (Å²) in [6.45, 7) is 0. The summed E-state index contributed by atoms with van der Waals surface area (Å²) in [5, 5.41) is 0.654. The number of carbonyl (C=O) groups excluding carboxylic acids is 1. The second-order valence-corrected chi connectivity index (χ2v) is 6.15. The molecule has 3 heteroatoms. The number of halogens is 1. The summed E-state index contributed by atoms with van der Waals surface area (Å²) in [6, 6.07) is 5.45. The molecular weight excluding hydrogens is 272 g/mol. The molecule has 0 aromatic heterocycles. The Hall–Kier alpha value is -1.02. The Kier molecular flexibility index (Phi) is 5.90. The zero-order valence-electron chi connectivity index (χ0n) is 12.2. The van der Waals surface area contributed by atoms with E-state index < -0.39 is 0 Å². The molecule has 110 valence electrons. The smallest absolute Gasteiger partial charge is 0.137 e. The van der Waals surface area contributed by atoms with Crippen molar-refractivity contribution < 1.29 is 9.53 Å². The lowest BCUT2D eigenvalue weighted by molar-refractivity contribution is -0.118. The predicted octanol–water partition coefficient (Wildman–Crippen LogP) is 4.82. The highest BCUT2D eigenvalue weighted by Gasteiger charge is 2.16. The number of hydrogen-bond acceptors (Lipinski definition) is 2. The van der Waals surface area contributed by atoms with E-state index in [-0.39, 0.29) is 5.78 Å². The van der Waals surface area contributed by atoms with Gasteiger partial charge in [-0.25, -0.2) is 0 Å². The number of rotatable bonds is 6. The fraction of sp³-hybridized carbons (Fsp3) is 0.588. The first-order valence-electron chi connectivity index (χ1n) is 7.53. The number of ketones is 1. The van der Waals surface area contributed by atoms with Crippen molar-refractivity contribution >= 4 is 17.4 Å². The van der Waals surface area contributed by atoms with Gasteiger partial charge in [0, 0.05) is 23.4 Å². The Morgan fingerprint density at radius 2 is 2.05 bits per heavy atom. The van der Waals surface area contributed by atoms with Crippen molar-refractivity contribution in [1.82, 2.24) is 0 Å². The highest BCUT2D eigenvalue weighted by atomic mass is 35.5. The molecule has 0 spiro atoms. The number of benzene rings is 1. The quantitative estimate of drug-likeness (QED) is 0.752. The molecule has 0 saturated heterocycles. The lowest BCUT2D eigenvalue weighted by Crippen LogP contribution is -2.10. The molecule has 0 heterocycles. The van der Waals surface area contributed by atoms with Crippen LogP contribution in [0.5, 0.6) is 5.75 Å². The SMILES string of the molecule is COc1ccc(Cl)cc1CC(=O)CCC1CCCCC1. The Labute approximate surface area is 126 Å². The van der Waals surface area contributed by atoms with Gasteiger partial charge in [-0.05, 0) is 30.5 Å². The molecule has 1 saturated carbocycles. The van der Waals surface area contributed by atoms with Crippen LogP contribution in [0.2, 0.25) is 5.02 Å². The van der Waals surface area contributed by atoms with Crippen LogP contribution in [0.4, 0.5) is 0 Å². The Balaban J connectivity index is 1.86. The number of hydrogen-bond donors (Lipinski definition) is 0. The van der Waals surface area contributed by atoms with Crippen LogP contribution in [0, 0.1) is 5.92 Å². The van der Waals surface area contributed by atoms with E-state index in [1.54, 1.807) is 13.2 Å². The van der Waals surface area contributed by atoms with Gasteiger partial charge in [-0.15, -0.1) is 0 Å². The molecule has 0 radical (unpaired) electrons. The maximum atomic E-state index is 12.1. The van der Waals surface area contributed by atoms with E-state index in [0.717, 1.165) is 23.7 Å². The Morgan fingerprint density at radius 3 is 2.75 bits per heavy atom. The van der Waals surface area contributed by atoms with Crippen molar-refractivity contribution in [2.75, 3.05) is 7.11 Å². The molecule has 1 aliphatic carbocycles. The summed E-state index contributed by atoms with van der Waals surface area (Å²) in [6.07, 6.45) is 8.78. The van der Waals surface area contributed by atoms with Gasteiger partial charge in [0.1, 0.15) is 11.5 Å². The summed E-state index contributed by atoms with van der Waals surface area (Å²) in [5.41, 5.74) is 0.897. The van der Waals surface area contributed by atoms with E-state index in [1.807, 2.05) is 12.1 Å². The summed E-state index contributed by atoms with van der Waals surface area (Å²) in [7, 11) is 1.62. The zero-order chi connectivity index (χ0) is 14.4. The van der Waals surface area contributed by atoms with Gasteiger partial charge in [0.05, 0.1) is 7.11 Å². The van der Waals surface area contributed by atoms with Crippen molar-refractivity contribution in [3.8, 4) is 5.75 Å². The molecule has 2 nitrogen and oxygen atoms in total. The molecule has 20 heavy (non-hydrogen) atoms. The molecule has 1 aromatic carbocycles. The van der Waals surface area contributed by atoms with Crippen molar-refractivity contribution in [2.24, 2.45) is 5.92 Å².